The van der Waals surface area contributed by atoms with E-state index in [1.165, 1.54) is 9.71 Å². The molecular formula is C21H19ClN2O2S. The molecule has 0 aliphatic carbocycles. The van der Waals surface area contributed by atoms with Gasteiger partial charge in [-0.1, -0.05) is 23.7 Å². The third-order valence-electron chi connectivity index (χ3n) is 5.44. The first-order valence-electron chi connectivity index (χ1n) is 9.27. The average molecular weight is 399 g/mol. The molecule has 3 heterocycles. The number of rotatable bonds is 2. The van der Waals surface area contributed by atoms with Gasteiger partial charge in [-0.05, 0) is 48.7 Å². The molecule has 0 N–H and O–H groups in total. The summed E-state index contributed by atoms with van der Waals surface area (Å²) in [4.78, 5) is 19.6. The zero-order valence-corrected chi connectivity index (χ0v) is 16.3. The van der Waals surface area contributed by atoms with Crippen LogP contribution in [0.1, 0.15) is 29.3 Å². The molecule has 1 fully saturated rings. The normalized spacial score (nSPS) is 19.9. The molecule has 0 bridgehead atoms. The zero-order valence-electron chi connectivity index (χ0n) is 14.7. The third-order valence-corrected chi connectivity index (χ3v) is 6.87. The van der Waals surface area contributed by atoms with Crippen LogP contribution in [0.15, 0.2) is 42.5 Å². The summed E-state index contributed by atoms with van der Waals surface area (Å²) in [5, 5.41) is 1.88. The number of amides is 1. The molecule has 2 aromatic carbocycles. The van der Waals surface area contributed by atoms with E-state index < -0.39 is 6.10 Å². The summed E-state index contributed by atoms with van der Waals surface area (Å²) in [6.45, 7) is 1.52. The number of likely N-dealkylation sites (tertiary alicyclic amines) is 1. The standard InChI is InChI=1S/C21H19ClN2O2S/c22-15-5-6-17-14(11-15)12-18(26-17)21(25)24-9-7-13(8-10-24)20-23-16-3-1-2-4-19(16)27-20/h1-6,11,13,18H,7-10,12H2/t18-/m1/s1. The van der Waals surface area contributed by atoms with E-state index in [1.54, 1.807) is 17.4 Å². The van der Waals surface area contributed by atoms with Crippen LogP contribution >= 0.6 is 22.9 Å². The van der Waals surface area contributed by atoms with Gasteiger partial charge in [0.1, 0.15) is 5.75 Å². The highest BCUT2D eigenvalue weighted by Gasteiger charge is 2.34. The van der Waals surface area contributed by atoms with Gasteiger partial charge in [0.15, 0.2) is 6.10 Å². The molecule has 1 aromatic heterocycles. The van der Waals surface area contributed by atoms with Crippen molar-refractivity contribution in [3.63, 3.8) is 0 Å². The van der Waals surface area contributed by atoms with Crippen molar-refractivity contribution in [2.75, 3.05) is 13.1 Å². The maximum absolute atomic E-state index is 12.9. The Morgan fingerprint density at radius 3 is 2.81 bits per heavy atom. The van der Waals surface area contributed by atoms with E-state index in [4.69, 9.17) is 21.3 Å². The number of thiazole rings is 1. The second-order valence-corrected chi connectivity index (χ2v) is 8.68. The van der Waals surface area contributed by atoms with Crippen LogP contribution in [0.2, 0.25) is 5.02 Å². The van der Waals surface area contributed by atoms with Crippen molar-refractivity contribution >= 4 is 39.1 Å². The number of para-hydroxylation sites is 1. The maximum Gasteiger partial charge on any atom is 0.263 e. The number of halogens is 1. The van der Waals surface area contributed by atoms with Crippen molar-refractivity contribution in [2.45, 2.75) is 31.3 Å². The molecule has 1 amide bonds. The lowest BCUT2D eigenvalue weighted by Gasteiger charge is -2.32. The number of hydrogen-bond donors (Lipinski definition) is 0. The highest BCUT2D eigenvalue weighted by molar-refractivity contribution is 7.18. The fraction of sp³-hybridized carbons (Fsp3) is 0.333. The van der Waals surface area contributed by atoms with Crippen LogP contribution in [0.4, 0.5) is 0 Å². The third kappa shape index (κ3) is 3.19. The quantitative estimate of drug-likeness (QED) is 0.630. The molecule has 138 valence electrons. The van der Waals surface area contributed by atoms with Crippen LogP contribution in [0, 0.1) is 0 Å². The van der Waals surface area contributed by atoms with Crippen molar-refractivity contribution in [1.29, 1.82) is 0 Å². The Morgan fingerprint density at radius 1 is 1.19 bits per heavy atom. The van der Waals surface area contributed by atoms with Crippen molar-refractivity contribution in [3.05, 3.63) is 58.1 Å². The van der Waals surface area contributed by atoms with Crippen LogP contribution in [-0.4, -0.2) is 35.0 Å². The lowest BCUT2D eigenvalue weighted by molar-refractivity contribution is -0.139. The van der Waals surface area contributed by atoms with Gasteiger partial charge in [-0.2, -0.15) is 0 Å². The number of fused-ring (bicyclic) bond motifs is 2. The van der Waals surface area contributed by atoms with Crippen LogP contribution in [0.3, 0.4) is 0 Å². The molecule has 4 nitrogen and oxygen atoms in total. The van der Waals surface area contributed by atoms with Crippen LogP contribution in [-0.2, 0) is 11.2 Å². The molecule has 1 saturated heterocycles. The second-order valence-electron chi connectivity index (χ2n) is 7.18. The number of carbonyl (C=O) groups is 1. The van der Waals surface area contributed by atoms with Gasteiger partial charge in [-0.25, -0.2) is 4.98 Å². The molecule has 3 aromatic rings. The lowest BCUT2D eigenvalue weighted by atomic mass is 9.97. The van der Waals surface area contributed by atoms with E-state index in [2.05, 4.69) is 18.2 Å². The first-order valence-corrected chi connectivity index (χ1v) is 10.5. The Hall–Kier alpha value is -2.11. The number of carbonyl (C=O) groups excluding carboxylic acids is 1. The molecule has 1 atom stereocenters. The fourth-order valence-corrected chi connectivity index (χ4v) is 5.30. The van der Waals surface area contributed by atoms with Gasteiger partial charge >= 0.3 is 0 Å². The van der Waals surface area contributed by atoms with Gasteiger partial charge in [0.05, 0.1) is 15.2 Å². The highest BCUT2D eigenvalue weighted by atomic mass is 35.5. The molecule has 0 spiro atoms. The molecule has 0 unspecified atom stereocenters. The minimum Gasteiger partial charge on any atom is -0.480 e. The van der Waals surface area contributed by atoms with Gasteiger partial charge in [0.25, 0.3) is 5.91 Å². The van der Waals surface area contributed by atoms with E-state index in [9.17, 15) is 4.79 Å². The molecule has 5 rings (SSSR count). The topological polar surface area (TPSA) is 42.4 Å². The lowest BCUT2D eigenvalue weighted by Crippen LogP contribution is -2.45. The molecule has 2 aliphatic rings. The van der Waals surface area contributed by atoms with E-state index in [0.717, 1.165) is 42.8 Å². The molecule has 0 radical (unpaired) electrons. The molecule has 6 heteroatoms. The van der Waals surface area contributed by atoms with Crippen molar-refractivity contribution < 1.29 is 9.53 Å². The maximum atomic E-state index is 12.9. The Kier molecular flexibility index (Phi) is 4.29. The highest BCUT2D eigenvalue weighted by Crippen LogP contribution is 2.35. The smallest absolute Gasteiger partial charge is 0.263 e. The second kappa shape index (κ2) is 6.80. The Labute approximate surface area is 166 Å². The fourth-order valence-electron chi connectivity index (χ4n) is 3.97. The van der Waals surface area contributed by atoms with Crippen molar-refractivity contribution in [1.82, 2.24) is 9.88 Å². The van der Waals surface area contributed by atoms with E-state index in [1.807, 2.05) is 23.1 Å². The average Bonchev–Trinajstić information content (AvgIpc) is 3.31. The number of aromatic nitrogens is 1. The van der Waals surface area contributed by atoms with Gasteiger partial charge in [0.2, 0.25) is 0 Å². The first-order chi connectivity index (χ1) is 13.2. The van der Waals surface area contributed by atoms with Crippen molar-refractivity contribution in [3.8, 4) is 5.75 Å². The minimum atomic E-state index is -0.419. The number of hydrogen-bond acceptors (Lipinski definition) is 4. The number of piperidine rings is 1. The summed E-state index contributed by atoms with van der Waals surface area (Å²) in [6.07, 6.45) is 2.10. The summed E-state index contributed by atoms with van der Waals surface area (Å²) in [6, 6.07) is 13.8. The predicted octanol–water partition coefficient (Wildman–Crippen LogP) is 4.66. The Balaban J connectivity index is 1.23. The largest absolute Gasteiger partial charge is 0.480 e. The SMILES string of the molecule is O=C([C@H]1Cc2cc(Cl)ccc2O1)N1CCC(c2nc3ccccc3s2)CC1. The Bertz CT molecular complexity index is 977. The number of nitrogens with zero attached hydrogens (tertiary/aromatic N) is 2. The number of benzene rings is 2. The van der Waals surface area contributed by atoms with Gasteiger partial charge in [-0.15, -0.1) is 11.3 Å². The van der Waals surface area contributed by atoms with Gasteiger partial charge in [0, 0.05) is 30.5 Å². The van der Waals surface area contributed by atoms with Gasteiger partial charge in [-0.3, -0.25) is 4.79 Å². The van der Waals surface area contributed by atoms with E-state index in [-0.39, 0.29) is 5.91 Å². The monoisotopic (exact) mass is 398 g/mol. The summed E-state index contributed by atoms with van der Waals surface area (Å²) >= 11 is 7.83. The predicted molar refractivity (Wildman–Crippen MR) is 108 cm³/mol. The zero-order chi connectivity index (χ0) is 18.4. The molecule has 2 aliphatic heterocycles. The van der Waals surface area contributed by atoms with Gasteiger partial charge < -0.3 is 9.64 Å². The number of ether oxygens (including phenoxy) is 1. The Morgan fingerprint density at radius 2 is 2.00 bits per heavy atom. The summed E-state index contributed by atoms with van der Waals surface area (Å²) < 4.78 is 7.11. The van der Waals surface area contributed by atoms with Crippen LogP contribution < -0.4 is 4.74 Å². The van der Waals surface area contributed by atoms with Crippen molar-refractivity contribution in [2.24, 2.45) is 0 Å². The first kappa shape index (κ1) is 17.0. The van der Waals surface area contributed by atoms with Crippen LogP contribution in [0.5, 0.6) is 5.75 Å². The molecule has 27 heavy (non-hydrogen) atoms. The van der Waals surface area contributed by atoms with E-state index in [0.29, 0.717) is 17.4 Å². The van der Waals surface area contributed by atoms with E-state index >= 15 is 0 Å². The summed E-state index contributed by atoms with van der Waals surface area (Å²) in [7, 11) is 0. The summed E-state index contributed by atoms with van der Waals surface area (Å²) in [5.74, 6) is 1.30. The summed E-state index contributed by atoms with van der Waals surface area (Å²) in [5.41, 5.74) is 2.09. The van der Waals surface area contributed by atoms with Crippen LogP contribution in [0.25, 0.3) is 10.2 Å². The molecular weight excluding hydrogens is 380 g/mol. The minimum absolute atomic E-state index is 0.0880. The molecule has 0 saturated carbocycles.